The molecule has 0 spiro atoms. The third kappa shape index (κ3) is 2.57. The van der Waals surface area contributed by atoms with E-state index >= 15 is 0 Å². The summed E-state index contributed by atoms with van der Waals surface area (Å²) in [5.41, 5.74) is 1.21. The largest absolute Gasteiger partial charge is 0.497 e. The molecule has 2 rings (SSSR count). The molecule has 1 heterocycles. The van der Waals surface area contributed by atoms with E-state index in [4.69, 9.17) is 16.3 Å². The lowest BCUT2D eigenvalue weighted by Gasteiger charge is -2.18. The van der Waals surface area contributed by atoms with E-state index in [1.165, 1.54) is 13.2 Å². The van der Waals surface area contributed by atoms with Gasteiger partial charge in [0.2, 0.25) is 0 Å². The number of methoxy groups -OCH3 is 1. The first-order chi connectivity index (χ1) is 9.08. The van der Waals surface area contributed by atoms with Crippen LogP contribution in [0.3, 0.4) is 0 Å². The third-order valence-corrected chi connectivity index (χ3v) is 3.31. The molecule has 0 aliphatic rings. The molecule has 1 aromatic carbocycles. The fourth-order valence-corrected chi connectivity index (χ4v) is 2.33. The molecule has 0 aliphatic carbocycles. The predicted octanol–water partition coefficient (Wildman–Crippen LogP) is 2.53. The summed E-state index contributed by atoms with van der Waals surface area (Å²) in [7, 11) is 5.02. The van der Waals surface area contributed by atoms with Crippen LogP contribution in [0.2, 0.25) is 5.02 Å². The first-order valence-corrected chi connectivity index (χ1v) is 6.14. The first-order valence-electron chi connectivity index (χ1n) is 5.76. The van der Waals surface area contributed by atoms with Crippen molar-refractivity contribution >= 4 is 11.6 Å². The van der Waals surface area contributed by atoms with Gasteiger partial charge in [0.15, 0.2) is 0 Å². The van der Waals surface area contributed by atoms with Gasteiger partial charge in [-0.25, -0.2) is 4.39 Å². The molecule has 1 aromatic heterocycles. The van der Waals surface area contributed by atoms with Gasteiger partial charge in [0, 0.05) is 18.7 Å². The predicted molar refractivity (Wildman–Crippen MR) is 72.1 cm³/mol. The van der Waals surface area contributed by atoms with E-state index in [1.54, 1.807) is 37.1 Å². The number of halogens is 2. The molecule has 0 radical (unpaired) electrons. The average molecular weight is 284 g/mol. The minimum Gasteiger partial charge on any atom is -0.497 e. The molecule has 1 N–H and O–H groups in total. The van der Waals surface area contributed by atoms with Crippen molar-refractivity contribution in [2.75, 3.05) is 14.2 Å². The summed E-state index contributed by atoms with van der Waals surface area (Å²) in [6.45, 7) is 0. The van der Waals surface area contributed by atoms with Gasteiger partial charge in [-0.15, -0.1) is 0 Å². The molecular weight excluding hydrogens is 269 g/mol. The number of nitrogens with one attached hydrogen (secondary N) is 1. The molecule has 0 saturated carbocycles. The number of aromatic nitrogens is 2. The molecule has 0 saturated heterocycles. The molecule has 0 bridgehead atoms. The lowest BCUT2D eigenvalue weighted by molar-refractivity contribution is 0.410. The van der Waals surface area contributed by atoms with Gasteiger partial charge >= 0.3 is 0 Å². The highest BCUT2D eigenvalue weighted by Gasteiger charge is 2.22. The highest BCUT2D eigenvalue weighted by atomic mass is 35.5. The van der Waals surface area contributed by atoms with Crippen LogP contribution in [0.1, 0.15) is 17.3 Å². The Kier molecular flexibility index (Phi) is 4.07. The Morgan fingerprint density at radius 3 is 2.68 bits per heavy atom. The van der Waals surface area contributed by atoms with Gasteiger partial charge in [-0.1, -0.05) is 17.7 Å². The Bertz CT molecular complexity index is 566. The van der Waals surface area contributed by atoms with Crippen LogP contribution in [0, 0.1) is 5.82 Å². The van der Waals surface area contributed by atoms with Crippen LogP contribution in [0.25, 0.3) is 0 Å². The highest BCUT2D eigenvalue weighted by molar-refractivity contribution is 6.31. The van der Waals surface area contributed by atoms with Crippen molar-refractivity contribution in [2.45, 2.75) is 6.04 Å². The number of benzene rings is 1. The van der Waals surface area contributed by atoms with E-state index in [9.17, 15) is 4.39 Å². The van der Waals surface area contributed by atoms with E-state index in [1.807, 2.05) is 0 Å². The van der Waals surface area contributed by atoms with Crippen LogP contribution in [-0.2, 0) is 7.05 Å². The zero-order valence-electron chi connectivity index (χ0n) is 10.9. The smallest absolute Gasteiger partial charge is 0.132 e. The normalized spacial score (nSPS) is 12.5. The van der Waals surface area contributed by atoms with Crippen LogP contribution in [0.5, 0.6) is 5.75 Å². The second-order valence-corrected chi connectivity index (χ2v) is 4.52. The lowest BCUT2D eigenvalue weighted by Crippen LogP contribution is -2.22. The Balaban J connectivity index is 2.48. The molecule has 6 heteroatoms. The highest BCUT2D eigenvalue weighted by Crippen LogP contribution is 2.30. The fraction of sp³-hybridized carbons (Fsp3) is 0.308. The Labute approximate surface area is 116 Å². The fourth-order valence-electron chi connectivity index (χ4n) is 2.05. The number of nitrogens with zero attached hydrogens (tertiary/aromatic N) is 2. The van der Waals surface area contributed by atoms with Gasteiger partial charge in [0.05, 0.1) is 30.1 Å². The summed E-state index contributed by atoms with van der Waals surface area (Å²) in [5.74, 6) is 0.128. The van der Waals surface area contributed by atoms with Crippen molar-refractivity contribution in [3.63, 3.8) is 0 Å². The number of hydrogen-bond donors (Lipinski definition) is 1. The van der Waals surface area contributed by atoms with Crippen LogP contribution in [0.4, 0.5) is 4.39 Å². The van der Waals surface area contributed by atoms with E-state index in [-0.39, 0.29) is 11.9 Å². The summed E-state index contributed by atoms with van der Waals surface area (Å²) in [5, 5.41) is 7.62. The van der Waals surface area contributed by atoms with Crippen LogP contribution < -0.4 is 10.1 Å². The molecule has 19 heavy (non-hydrogen) atoms. The first kappa shape index (κ1) is 13.8. The molecule has 4 nitrogen and oxygen atoms in total. The maximum Gasteiger partial charge on any atom is 0.132 e. The van der Waals surface area contributed by atoms with Gasteiger partial charge < -0.3 is 10.1 Å². The quantitative estimate of drug-likeness (QED) is 0.937. The molecule has 2 aromatic rings. The second kappa shape index (κ2) is 5.59. The SMILES string of the molecule is CNC(c1ccc(OC)cc1F)c1c(Cl)cnn1C. The third-order valence-electron chi connectivity index (χ3n) is 3.02. The minimum absolute atomic E-state index is 0.351. The van der Waals surface area contributed by atoms with Crippen molar-refractivity contribution in [1.29, 1.82) is 0 Å². The monoisotopic (exact) mass is 283 g/mol. The summed E-state index contributed by atoms with van der Waals surface area (Å²) in [4.78, 5) is 0. The van der Waals surface area contributed by atoms with E-state index < -0.39 is 0 Å². The zero-order chi connectivity index (χ0) is 14.0. The molecule has 0 amide bonds. The van der Waals surface area contributed by atoms with Crippen LogP contribution in [-0.4, -0.2) is 23.9 Å². The molecule has 0 aliphatic heterocycles. The van der Waals surface area contributed by atoms with Crippen LogP contribution in [0.15, 0.2) is 24.4 Å². The van der Waals surface area contributed by atoms with Gasteiger partial charge in [-0.05, 0) is 13.1 Å². The summed E-state index contributed by atoms with van der Waals surface area (Å²) in [6, 6.07) is 4.38. The van der Waals surface area contributed by atoms with E-state index in [0.29, 0.717) is 22.0 Å². The molecule has 102 valence electrons. The molecule has 1 unspecified atom stereocenters. The Morgan fingerprint density at radius 2 is 2.21 bits per heavy atom. The van der Waals surface area contributed by atoms with Gasteiger partial charge in [-0.3, -0.25) is 4.68 Å². The maximum atomic E-state index is 14.1. The topological polar surface area (TPSA) is 39.1 Å². The van der Waals surface area contributed by atoms with Crippen molar-refractivity contribution < 1.29 is 9.13 Å². The zero-order valence-corrected chi connectivity index (χ0v) is 11.7. The van der Waals surface area contributed by atoms with E-state index in [0.717, 1.165) is 0 Å². The number of ether oxygens (including phenoxy) is 1. The molecular formula is C13H15ClFN3O. The summed E-state index contributed by atoms with van der Waals surface area (Å²) < 4.78 is 20.8. The molecule has 0 fully saturated rings. The van der Waals surface area contributed by atoms with Crippen molar-refractivity contribution in [3.05, 3.63) is 46.5 Å². The van der Waals surface area contributed by atoms with Gasteiger partial charge in [0.25, 0.3) is 0 Å². The standard InChI is InChI=1S/C13H15ClFN3O/c1-16-12(13-10(14)7-17-18(13)2)9-5-4-8(19-3)6-11(9)15/h4-7,12,16H,1-3H3. The molecule has 1 atom stereocenters. The van der Waals surface area contributed by atoms with Gasteiger partial charge in [-0.2, -0.15) is 5.10 Å². The average Bonchev–Trinajstić information content (AvgIpc) is 2.73. The van der Waals surface area contributed by atoms with Crippen LogP contribution >= 0.6 is 11.6 Å². The lowest BCUT2D eigenvalue weighted by atomic mass is 10.0. The van der Waals surface area contributed by atoms with Gasteiger partial charge in [0.1, 0.15) is 11.6 Å². The summed E-state index contributed by atoms with van der Waals surface area (Å²) in [6.07, 6.45) is 1.54. The Morgan fingerprint density at radius 1 is 1.47 bits per heavy atom. The maximum absolute atomic E-state index is 14.1. The summed E-state index contributed by atoms with van der Waals surface area (Å²) >= 11 is 6.11. The minimum atomic E-state index is -0.370. The van der Waals surface area contributed by atoms with Crippen molar-refractivity contribution in [2.24, 2.45) is 7.05 Å². The van der Waals surface area contributed by atoms with E-state index in [2.05, 4.69) is 10.4 Å². The second-order valence-electron chi connectivity index (χ2n) is 4.11. The number of aryl methyl sites for hydroxylation is 1. The number of hydrogen-bond acceptors (Lipinski definition) is 3. The Hall–Kier alpha value is -1.59. The van der Waals surface area contributed by atoms with Crippen molar-refractivity contribution in [1.82, 2.24) is 15.1 Å². The van der Waals surface area contributed by atoms with Crippen molar-refractivity contribution in [3.8, 4) is 5.75 Å². The number of rotatable bonds is 4.